The van der Waals surface area contributed by atoms with Crippen molar-refractivity contribution in [3.05, 3.63) is 0 Å². The summed E-state index contributed by atoms with van der Waals surface area (Å²) >= 11 is 0. The van der Waals surface area contributed by atoms with Crippen molar-refractivity contribution in [1.82, 2.24) is 10.2 Å². The fourth-order valence-corrected chi connectivity index (χ4v) is 4.22. The minimum atomic E-state index is 0.464. The SMILES string of the molecule is CCCNC1C(N2CCCCCC2C)CCC1(C)C. The Bertz CT molecular complexity index is 274. The second kappa shape index (κ2) is 6.58. The standard InChI is InChI=1S/C17H34N2/c1-5-12-18-16-15(10-11-17(16,3)4)19-13-8-6-7-9-14(19)2/h14-16,18H,5-13H2,1-4H3. The topological polar surface area (TPSA) is 15.3 Å². The summed E-state index contributed by atoms with van der Waals surface area (Å²) in [6, 6.07) is 2.25. The second-order valence-corrected chi connectivity index (χ2v) is 7.46. The molecule has 1 N–H and O–H groups in total. The van der Waals surface area contributed by atoms with Crippen LogP contribution in [0.1, 0.15) is 72.6 Å². The van der Waals surface area contributed by atoms with Crippen LogP contribution >= 0.6 is 0 Å². The molecular formula is C17H34N2. The summed E-state index contributed by atoms with van der Waals surface area (Å²) < 4.78 is 0. The highest BCUT2D eigenvalue weighted by molar-refractivity contribution is 5.02. The number of nitrogens with one attached hydrogen (secondary N) is 1. The average molecular weight is 266 g/mol. The molecule has 0 radical (unpaired) electrons. The Morgan fingerprint density at radius 2 is 1.95 bits per heavy atom. The minimum Gasteiger partial charge on any atom is -0.312 e. The van der Waals surface area contributed by atoms with Gasteiger partial charge in [0, 0.05) is 18.1 Å². The lowest BCUT2D eigenvalue weighted by molar-refractivity contribution is 0.109. The lowest BCUT2D eigenvalue weighted by Crippen LogP contribution is -2.54. The van der Waals surface area contributed by atoms with Gasteiger partial charge in [0.05, 0.1) is 0 Å². The number of rotatable bonds is 4. The molecule has 2 aliphatic rings. The Balaban J connectivity index is 2.07. The maximum absolute atomic E-state index is 3.87. The minimum absolute atomic E-state index is 0.464. The van der Waals surface area contributed by atoms with Crippen molar-refractivity contribution in [3.63, 3.8) is 0 Å². The van der Waals surface area contributed by atoms with Crippen LogP contribution in [0.3, 0.4) is 0 Å². The maximum Gasteiger partial charge on any atom is 0.0274 e. The molecule has 2 heteroatoms. The summed E-state index contributed by atoms with van der Waals surface area (Å²) in [7, 11) is 0. The molecule has 0 bridgehead atoms. The zero-order chi connectivity index (χ0) is 13.9. The van der Waals surface area contributed by atoms with Crippen LogP contribution < -0.4 is 5.32 Å². The van der Waals surface area contributed by atoms with E-state index < -0.39 is 0 Å². The second-order valence-electron chi connectivity index (χ2n) is 7.46. The van der Waals surface area contributed by atoms with Crippen molar-refractivity contribution in [2.75, 3.05) is 13.1 Å². The summed E-state index contributed by atoms with van der Waals surface area (Å²) in [4.78, 5) is 2.84. The van der Waals surface area contributed by atoms with Gasteiger partial charge in [0.25, 0.3) is 0 Å². The highest BCUT2D eigenvalue weighted by Gasteiger charge is 2.44. The van der Waals surface area contributed by atoms with Gasteiger partial charge in [-0.3, -0.25) is 4.90 Å². The maximum atomic E-state index is 3.87. The number of hydrogen-bond donors (Lipinski definition) is 1. The van der Waals surface area contributed by atoms with E-state index in [1.54, 1.807) is 0 Å². The zero-order valence-electron chi connectivity index (χ0n) is 13.5. The fraction of sp³-hybridized carbons (Fsp3) is 1.00. The molecule has 3 atom stereocenters. The van der Waals surface area contributed by atoms with Crippen molar-refractivity contribution in [2.45, 2.75) is 90.8 Å². The predicted octanol–water partition coefficient (Wildman–Crippen LogP) is 3.81. The van der Waals surface area contributed by atoms with Gasteiger partial charge >= 0.3 is 0 Å². The Hall–Kier alpha value is -0.0800. The van der Waals surface area contributed by atoms with E-state index in [1.807, 2.05) is 0 Å². The van der Waals surface area contributed by atoms with Gasteiger partial charge < -0.3 is 5.32 Å². The molecule has 1 heterocycles. The van der Waals surface area contributed by atoms with Crippen LogP contribution in [0.25, 0.3) is 0 Å². The van der Waals surface area contributed by atoms with Crippen LogP contribution in [0.2, 0.25) is 0 Å². The summed E-state index contributed by atoms with van der Waals surface area (Å²) in [5.74, 6) is 0. The Labute approximate surface area is 120 Å². The Kier molecular flexibility index (Phi) is 5.30. The first-order chi connectivity index (χ1) is 9.06. The summed E-state index contributed by atoms with van der Waals surface area (Å²) in [5.41, 5.74) is 0.464. The predicted molar refractivity (Wildman–Crippen MR) is 83.5 cm³/mol. The van der Waals surface area contributed by atoms with Gasteiger partial charge in [0.15, 0.2) is 0 Å². The lowest BCUT2D eigenvalue weighted by atomic mass is 9.86. The fourth-order valence-electron chi connectivity index (χ4n) is 4.22. The monoisotopic (exact) mass is 266 g/mol. The Morgan fingerprint density at radius 1 is 1.16 bits per heavy atom. The van der Waals surface area contributed by atoms with E-state index in [9.17, 15) is 0 Å². The molecule has 1 saturated heterocycles. The molecular weight excluding hydrogens is 232 g/mol. The lowest BCUT2D eigenvalue weighted by Gasteiger charge is -2.40. The highest BCUT2D eigenvalue weighted by atomic mass is 15.2. The third-order valence-electron chi connectivity index (χ3n) is 5.46. The molecule has 0 aromatic carbocycles. The van der Waals surface area contributed by atoms with Crippen LogP contribution in [-0.4, -0.2) is 36.1 Å². The largest absolute Gasteiger partial charge is 0.312 e. The van der Waals surface area contributed by atoms with Crippen LogP contribution in [-0.2, 0) is 0 Å². The van der Waals surface area contributed by atoms with E-state index in [0.29, 0.717) is 11.5 Å². The van der Waals surface area contributed by atoms with E-state index in [-0.39, 0.29) is 0 Å². The zero-order valence-corrected chi connectivity index (χ0v) is 13.5. The first kappa shape index (κ1) is 15.3. The summed E-state index contributed by atoms with van der Waals surface area (Å²) in [5, 5.41) is 3.87. The third-order valence-corrected chi connectivity index (χ3v) is 5.46. The molecule has 19 heavy (non-hydrogen) atoms. The Morgan fingerprint density at radius 3 is 2.68 bits per heavy atom. The first-order valence-electron chi connectivity index (χ1n) is 8.55. The van der Waals surface area contributed by atoms with Crippen LogP contribution in [0.5, 0.6) is 0 Å². The third kappa shape index (κ3) is 3.52. The summed E-state index contributed by atoms with van der Waals surface area (Å²) in [6.45, 7) is 12.1. The van der Waals surface area contributed by atoms with E-state index in [0.717, 1.165) is 12.1 Å². The van der Waals surface area contributed by atoms with Gasteiger partial charge in [-0.25, -0.2) is 0 Å². The smallest absolute Gasteiger partial charge is 0.0274 e. The molecule has 3 unspecified atom stereocenters. The normalized spacial score (nSPS) is 36.3. The molecule has 1 aliphatic carbocycles. The van der Waals surface area contributed by atoms with E-state index in [1.165, 1.54) is 58.0 Å². The molecule has 2 nitrogen and oxygen atoms in total. The van der Waals surface area contributed by atoms with Crippen molar-refractivity contribution < 1.29 is 0 Å². The van der Waals surface area contributed by atoms with E-state index in [4.69, 9.17) is 0 Å². The van der Waals surface area contributed by atoms with Crippen LogP contribution in [0.15, 0.2) is 0 Å². The van der Waals surface area contributed by atoms with Gasteiger partial charge in [0.1, 0.15) is 0 Å². The molecule has 0 aromatic rings. The first-order valence-corrected chi connectivity index (χ1v) is 8.55. The van der Waals surface area contributed by atoms with Crippen LogP contribution in [0.4, 0.5) is 0 Å². The molecule has 112 valence electrons. The number of hydrogen-bond acceptors (Lipinski definition) is 2. The molecule has 0 spiro atoms. The van der Waals surface area contributed by atoms with Crippen LogP contribution in [0, 0.1) is 5.41 Å². The number of nitrogens with zero attached hydrogens (tertiary/aromatic N) is 1. The molecule has 1 saturated carbocycles. The highest BCUT2D eigenvalue weighted by Crippen LogP contribution is 2.41. The van der Waals surface area contributed by atoms with Crippen molar-refractivity contribution >= 4 is 0 Å². The molecule has 1 aliphatic heterocycles. The number of likely N-dealkylation sites (tertiary alicyclic amines) is 1. The van der Waals surface area contributed by atoms with Gasteiger partial charge in [-0.2, -0.15) is 0 Å². The van der Waals surface area contributed by atoms with Gasteiger partial charge in [0.2, 0.25) is 0 Å². The van der Waals surface area contributed by atoms with Gasteiger partial charge in [-0.1, -0.05) is 33.6 Å². The van der Waals surface area contributed by atoms with E-state index >= 15 is 0 Å². The van der Waals surface area contributed by atoms with Crippen molar-refractivity contribution in [3.8, 4) is 0 Å². The molecule has 0 amide bonds. The quantitative estimate of drug-likeness (QED) is 0.832. The molecule has 0 aromatic heterocycles. The molecule has 2 fully saturated rings. The van der Waals surface area contributed by atoms with Gasteiger partial charge in [-0.15, -0.1) is 0 Å². The van der Waals surface area contributed by atoms with Crippen molar-refractivity contribution in [1.29, 1.82) is 0 Å². The van der Waals surface area contributed by atoms with Gasteiger partial charge in [-0.05, 0) is 57.5 Å². The summed E-state index contributed by atoms with van der Waals surface area (Å²) in [6.07, 6.45) is 9.68. The van der Waals surface area contributed by atoms with Crippen molar-refractivity contribution in [2.24, 2.45) is 5.41 Å². The molecule has 2 rings (SSSR count). The average Bonchev–Trinajstić information content (AvgIpc) is 2.53. The van der Waals surface area contributed by atoms with E-state index in [2.05, 4.69) is 37.9 Å².